The molecule has 0 aliphatic carbocycles. The van der Waals surface area contributed by atoms with E-state index in [1.165, 1.54) is 4.80 Å². The molecule has 7 heteroatoms. The van der Waals surface area contributed by atoms with Crippen LogP contribution in [0, 0.1) is 5.41 Å². The van der Waals surface area contributed by atoms with Crippen LogP contribution in [0.2, 0.25) is 5.02 Å². The van der Waals surface area contributed by atoms with Crippen LogP contribution in [0.3, 0.4) is 0 Å². The monoisotopic (exact) mass is 358 g/mol. The van der Waals surface area contributed by atoms with Crippen LogP contribution >= 0.6 is 11.6 Å². The SMILES string of the molecule is COc1ccc(-n2nc3cc(Cl)c(NC(=O)C(C)(C)C)cc3n2)cc1. The van der Waals surface area contributed by atoms with E-state index in [0.29, 0.717) is 21.7 Å². The Morgan fingerprint density at radius 1 is 1.12 bits per heavy atom. The molecule has 3 rings (SSSR count). The molecule has 0 saturated heterocycles. The van der Waals surface area contributed by atoms with Gasteiger partial charge in [-0.1, -0.05) is 32.4 Å². The van der Waals surface area contributed by atoms with Crippen LogP contribution in [0.4, 0.5) is 5.69 Å². The van der Waals surface area contributed by atoms with Crippen LogP contribution in [0.15, 0.2) is 36.4 Å². The van der Waals surface area contributed by atoms with E-state index in [-0.39, 0.29) is 5.91 Å². The van der Waals surface area contributed by atoms with E-state index in [1.807, 2.05) is 45.0 Å². The van der Waals surface area contributed by atoms with Crippen molar-refractivity contribution in [3.8, 4) is 11.4 Å². The van der Waals surface area contributed by atoms with Crippen molar-refractivity contribution in [2.75, 3.05) is 12.4 Å². The lowest BCUT2D eigenvalue weighted by Crippen LogP contribution is -2.27. The molecule has 25 heavy (non-hydrogen) atoms. The molecule has 1 amide bonds. The first-order chi connectivity index (χ1) is 11.8. The molecule has 3 aromatic rings. The summed E-state index contributed by atoms with van der Waals surface area (Å²) in [4.78, 5) is 13.7. The van der Waals surface area contributed by atoms with E-state index in [1.54, 1.807) is 19.2 Å². The molecule has 0 unspecified atom stereocenters. The van der Waals surface area contributed by atoms with E-state index in [2.05, 4.69) is 15.5 Å². The second-order valence-corrected chi connectivity index (χ2v) is 7.12. The molecular formula is C18H19ClN4O2. The quantitative estimate of drug-likeness (QED) is 0.766. The maximum absolute atomic E-state index is 12.2. The minimum Gasteiger partial charge on any atom is -0.497 e. The number of anilines is 1. The van der Waals surface area contributed by atoms with Gasteiger partial charge in [-0.2, -0.15) is 4.80 Å². The average molecular weight is 359 g/mol. The minimum absolute atomic E-state index is 0.115. The Kier molecular flexibility index (Phi) is 4.39. The first kappa shape index (κ1) is 17.2. The lowest BCUT2D eigenvalue weighted by Gasteiger charge is -2.18. The number of fused-ring (bicyclic) bond motifs is 1. The Morgan fingerprint density at radius 3 is 2.28 bits per heavy atom. The molecule has 0 saturated carbocycles. The van der Waals surface area contributed by atoms with Crippen molar-refractivity contribution in [1.82, 2.24) is 15.0 Å². The number of benzene rings is 2. The normalized spacial score (nSPS) is 11.6. The van der Waals surface area contributed by atoms with Crippen molar-refractivity contribution < 1.29 is 9.53 Å². The van der Waals surface area contributed by atoms with Gasteiger partial charge in [0.15, 0.2) is 0 Å². The summed E-state index contributed by atoms with van der Waals surface area (Å²) in [6.07, 6.45) is 0. The number of nitrogens with one attached hydrogen (secondary N) is 1. The number of hydrogen-bond acceptors (Lipinski definition) is 4. The van der Waals surface area contributed by atoms with Crippen LogP contribution in [0.5, 0.6) is 5.75 Å². The first-order valence-corrected chi connectivity index (χ1v) is 8.18. The highest BCUT2D eigenvalue weighted by Crippen LogP contribution is 2.28. The molecule has 0 fully saturated rings. The maximum atomic E-state index is 12.2. The highest BCUT2D eigenvalue weighted by molar-refractivity contribution is 6.34. The number of hydrogen-bond donors (Lipinski definition) is 1. The van der Waals surface area contributed by atoms with Crippen molar-refractivity contribution in [3.05, 3.63) is 41.4 Å². The van der Waals surface area contributed by atoms with Crippen LogP contribution < -0.4 is 10.1 Å². The van der Waals surface area contributed by atoms with Crippen molar-refractivity contribution in [3.63, 3.8) is 0 Å². The number of amides is 1. The van der Waals surface area contributed by atoms with Crippen molar-refractivity contribution in [1.29, 1.82) is 0 Å². The standard InChI is InChI=1S/C18H19ClN4O2/c1-18(2,3)17(24)20-14-10-16-15(9-13(14)19)21-23(22-16)11-5-7-12(25-4)8-6-11/h5-10H,1-4H3,(H,20,24). The zero-order valence-corrected chi connectivity index (χ0v) is 15.3. The number of carbonyl (C=O) groups is 1. The topological polar surface area (TPSA) is 69.0 Å². The molecular weight excluding hydrogens is 340 g/mol. The van der Waals surface area contributed by atoms with E-state index < -0.39 is 5.41 Å². The zero-order valence-electron chi connectivity index (χ0n) is 14.5. The summed E-state index contributed by atoms with van der Waals surface area (Å²) >= 11 is 6.28. The molecule has 1 heterocycles. The van der Waals surface area contributed by atoms with Gasteiger partial charge in [0.2, 0.25) is 5.91 Å². The number of halogens is 1. The fraction of sp³-hybridized carbons (Fsp3) is 0.278. The third kappa shape index (κ3) is 3.58. The van der Waals surface area contributed by atoms with E-state index in [9.17, 15) is 4.79 Å². The van der Waals surface area contributed by atoms with Crippen LogP contribution in [0.25, 0.3) is 16.7 Å². The number of nitrogens with zero attached hydrogens (tertiary/aromatic N) is 3. The Morgan fingerprint density at radius 2 is 1.72 bits per heavy atom. The smallest absolute Gasteiger partial charge is 0.229 e. The van der Waals surface area contributed by atoms with Crippen molar-refractivity contribution >= 4 is 34.2 Å². The number of carbonyl (C=O) groups excluding carboxylic acids is 1. The lowest BCUT2D eigenvalue weighted by molar-refractivity contribution is -0.123. The molecule has 0 aliphatic heterocycles. The fourth-order valence-corrected chi connectivity index (χ4v) is 2.38. The molecule has 1 N–H and O–H groups in total. The van der Waals surface area contributed by atoms with Gasteiger partial charge in [-0.3, -0.25) is 4.79 Å². The summed E-state index contributed by atoms with van der Waals surface area (Å²) in [7, 11) is 1.62. The van der Waals surface area contributed by atoms with Crippen LogP contribution in [0.1, 0.15) is 20.8 Å². The second kappa shape index (κ2) is 6.37. The minimum atomic E-state index is -0.515. The lowest BCUT2D eigenvalue weighted by atomic mass is 9.95. The number of aromatic nitrogens is 3. The van der Waals surface area contributed by atoms with Crippen LogP contribution in [-0.2, 0) is 4.79 Å². The van der Waals surface area contributed by atoms with E-state index >= 15 is 0 Å². The average Bonchev–Trinajstić information content (AvgIpc) is 2.97. The van der Waals surface area contributed by atoms with Gasteiger partial charge in [0, 0.05) is 5.41 Å². The van der Waals surface area contributed by atoms with Gasteiger partial charge in [0.1, 0.15) is 16.8 Å². The summed E-state index contributed by atoms with van der Waals surface area (Å²) < 4.78 is 5.15. The molecule has 0 aliphatic rings. The summed E-state index contributed by atoms with van der Waals surface area (Å²) in [5, 5.41) is 12.2. The highest BCUT2D eigenvalue weighted by Gasteiger charge is 2.22. The number of ether oxygens (including phenoxy) is 1. The Hall–Kier alpha value is -2.60. The Labute approximate surface area is 150 Å². The predicted octanol–water partition coefficient (Wildman–Crippen LogP) is 4.07. The molecule has 0 atom stereocenters. The predicted molar refractivity (Wildman–Crippen MR) is 98.5 cm³/mol. The second-order valence-electron chi connectivity index (χ2n) is 6.71. The highest BCUT2D eigenvalue weighted by atomic mass is 35.5. The summed E-state index contributed by atoms with van der Waals surface area (Å²) in [5.41, 5.74) is 2.10. The van der Waals surface area contributed by atoms with Gasteiger partial charge in [-0.15, -0.1) is 10.2 Å². The zero-order chi connectivity index (χ0) is 18.2. The van der Waals surface area contributed by atoms with Crippen LogP contribution in [-0.4, -0.2) is 28.0 Å². The largest absolute Gasteiger partial charge is 0.497 e. The van der Waals surface area contributed by atoms with Gasteiger partial charge in [-0.25, -0.2) is 0 Å². The maximum Gasteiger partial charge on any atom is 0.229 e. The summed E-state index contributed by atoms with van der Waals surface area (Å²) in [6.45, 7) is 5.53. The van der Waals surface area contributed by atoms with Crippen molar-refractivity contribution in [2.24, 2.45) is 5.41 Å². The Bertz CT molecular complexity index is 927. The summed E-state index contributed by atoms with van der Waals surface area (Å²) in [5.74, 6) is 0.645. The molecule has 0 spiro atoms. The van der Waals surface area contributed by atoms with Crippen molar-refractivity contribution in [2.45, 2.75) is 20.8 Å². The van der Waals surface area contributed by atoms with Gasteiger partial charge < -0.3 is 10.1 Å². The molecule has 2 aromatic carbocycles. The fourth-order valence-electron chi connectivity index (χ4n) is 2.17. The number of methoxy groups -OCH3 is 1. The third-order valence-corrected chi connectivity index (χ3v) is 4.01. The van der Waals surface area contributed by atoms with E-state index in [4.69, 9.17) is 16.3 Å². The molecule has 0 bridgehead atoms. The molecule has 6 nitrogen and oxygen atoms in total. The third-order valence-electron chi connectivity index (χ3n) is 3.70. The van der Waals surface area contributed by atoms with E-state index in [0.717, 1.165) is 11.4 Å². The van der Waals surface area contributed by atoms with Gasteiger partial charge in [0.05, 0.1) is 23.5 Å². The van der Waals surface area contributed by atoms with Gasteiger partial charge >= 0.3 is 0 Å². The molecule has 130 valence electrons. The summed E-state index contributed by atoms with van der Waals surface area (Å²) in [6, 6.07) is 10.8. The van der Waals surface area contributed by atoms with Gasteiger partial charge in [0.25, 0.3) is 0 Å². The van der Waals surface area contributed by atoms with Gasteiger partial charge in [-0.05, 0) is 36.4 Å². The molecule has 1 aromatic heterocycles. The number of rotatable bonds is 3. The Balaban J connectivity index is 1.96. The first-order valence-electron chi connectivity index (χ1n) is 7.80. The molecule has 0 radical (unpaired) electrons.